The summed E-state index contributed by atoms with van der Waals surface area (Å²) >= 11 is 0. The third-order valence-corrected chi connectivity index (χ3v) is 7.32. The first-order valence-electron chi connectivity index (χ1n) is 11.6. The Kier molecular flexibility index (Phi) is 6.69. The Balaban J connectivity index is 1.24. The summed E-state index contributed by atoms with van der Waals surface area (Å²) in [5.74, 6) is 0.590. The van der Waals surface area contributed by atoms with Gasteiger partial charge in [-0.05, 0) is 38.3 Å². The molecule has 3 aliphatic rings. The lowest BCUT2D eigenvalue weighted by atomic mass is 9.80. The summed E-state index contributed by atoms with van der Waals surface area (Å²) in [6, 6.07) is 8.71. The number of benzene rings is 1. The maximum Gasteiger partial charge on any atom is 0.408 e. The van der Waals surface area contributed by atoms with Crippen LogP contribution in [0.2, 0.25) is 0 Å². The Bertz CT molecular complexity index is 842. The largest absolute Gasteiger partial charge is 0.445 e. The third-order valence-electron chi connectivity index (χ3n) is 7.32. The van der Waals surface area contributed by atoms with Gasteiger partial charge < -0.3 is 25.2 Å². The van der Waals surface area contributed by atoms with Crippen LogP contribution in [-0.4, -0.2) is 73.5 Å². The Hall–Kier alpha value is -2.61. The number of hydrogen-bond acceptors (Lipinski definition) is 5. The van der Waals surface area contributed by atoms with Gasteiger partial charge in [0.05, 0.1) is 5.92 Å². The summed E-state index contributed by atoms with van der Waals surface area (Å²) in [5, 5.41) is 5.64. The molecule has 4 rings (SSSR count). The van der Waals surface area contributed by atoms with Gasteiger partial charge in [-0.15, -0.1) is 0 Å². The van der Waals surface area contributed by atoms with E-state index >= 15 is 0 Å². The standard InChI is InChI=1S/C24H34N4O4/c1-17(26-23(31)32-14-18-7-4-3-5-8-18)21(29)25-15-24-10-6-9-20(24)13-28(16-24)22(30)19-11-27(2)12-19/h3-5,7-8,17,19-20H,6,9-16H2,1-2H3,(H,25,29)(H,26,31)/t17-,20+,24+/m1/s1. The Morgan fingerprint density at radius 2 is 1.94 bits per heavy atom. The topological polar surface area (TPSA) is 91.0 Å². The zero-order valence-electron chi connectivity index (χ0n) is 19.0. The maximum absolute atomic E-state index is 12.8. The highest BCUT2D eigenvalue weighted by Crippen LogP contribution is 2.48. The van der Waals surface area contributed by atoms with Crippen LogP contribution in [-0.2, 0) is 20.9 Å². The fourth-order valence-corrected chi connectivity index (χ4v) is 5.41. The number of alkyl carbamates (subject to hydrolysis) is 1. The number of carbonyl (C=O) groups is 3. The molecule has 0 unspecified atom stereocenters. The average Bonchev–Trinajstić information content (AvgIpc) is 3.31. The van der Waals surface area contributed by atoms with Crippen LogP contribution < -0.4 is 10.6 Å². The molecule has 1 aromatic carbocycles. The summed E-state index contributed by atoms with van der Waals surface area (Å²) < 4.78 is 5.20. The highest BCUT2D eigenvalue weighted by Gasteiger charge is 2.51. The Morgan fingerprint density at radius 3 is 2.66 bits per heavy atom. The predicted octanol–water partition coefficient (Wildman–Crippen LogP) is 1.61. The van der Waals surface area contributed by atoms with Gasteiger partial charge in [0, 0.05) is 38.1 Å². The van der Waals surface area contributed by atoms with E-state index in [1.54, 1.807) is 6.92 Å². The molecular formula is C24H34N4O4. The number of carbonyl (C=O) groups excluding carboxylic acids is 3. The van der Waals surface area contributed by atoms with E-state index in [0.29, 0.717) is 12.5 Å². The van der Waals surface area contributed by atoms with E-state index in [9.17, 15) is 14.4 Å². The van der Waals surface area contributed by atoms with E-state index in [1.165, 1.54) is 0 Å². The summed E-state index contributed by atoms with van der Waals surface area (Å²) in [5.41, 5.74) is 0.842. The second kappa shape index (κ2) is 9.48. The summed E-state index contributed by atoms with van der Waals surface area (Å²) in [6.45, 7) is 5.55. The van der Waals surface area contributed by atoms with E-state index in [4.69, 9.17) is 4.74 Å². The van der Waals surface area contributed by atoms with Crippen molar-refractivity contribution in [3.8, 4) is 0 Å². The molecule has 0 spiro atoms. The van der Waals surface area contributed by atoms with Crippen LogP contribution in [0, 0.1) is 17.3 Å². The molecule has 174 valence electrons. The van der Waals surface area contributed by atoms with Crippen molar-refractivity contribution in [3.05, 3.63) is 35.9 Å². The van der Waals surface area contributed by atoms with Crippen molar-refractivity contribution in [2.75, 3.05) is 39.8 Å². The fraction of sp³-hybridized carbons (Fsp3) is 0.625. The first-order chi connectivity index (χ1) is 15.4. The van der Waals surface area contributed by atoms with Crippen LogP contribution in [0.15, 0.2) is 30.3 Å². The molecule has 3 atom stereocenters. The number of ether oxygens (including phenoxy) is 1. The molecule has 0 aromatic heterocycles. The Morgan fingerprint density at radius 1 is 1.19 bits per heavy atom. The quantitative estimate of drug-likeness (QED) is 0.670. The highest BCUT2D eigenvalue weighted by molar-refractivity contribution is 5.85. The molecular weight excluding hydrogens is 408 g/mol. The molecule has 1 aromatic rings. The molecule has 2 aliphatic heterocycles. The zero-order valence-corrected chi connectivity index (χ0v) is 19.0. The van der Waals surface area contributed by atoms with Gasteiger partial charge in [-0.25, -0.2) is 4.79 Å². The number of fused-ring (bicyclic) bond motifs is 1. The van der Waals surface area contributed by atoms with Crippen molar-refractivity contribution >= 4 is 17.9 Å². The smallest absolute Gasteiger partial charge is 0.408 e. The predicted molar refractivity (Wildman–Crippen MR) is 120 cm³/mol. The second-order valence-electron chi connectivity index (χ2n) is 9.73. The van der Waals surface area contributed by atoms with Gasteiger partial charge in [0.25, 0.3) is 0 Å². The molecule has 0 radical (unpaired) electrons. The summed E-state index contributed by atoms with van der Waals surface area (Å²) in [4.78, 5) is 41.7. The van der Waals surface area contributed by atoms with Gasteiger partial charge in [-0.2, -0.15) is 0 Å². The van der Waals surface area contributed by atoms with Crippen molar-refractivity contribution < 1.29 is 19.1 Å². The number of likely N-dealkylation sites (tertiary alicyclic amines) is 2. The molecule has 8 nitrogen and oxygen atoms in total. The highest BCUT2D eigenvalue weighted by atomic mass is 16.5. The maximum atomic E-state index is 12.8. The average molecular weight is 443 g/mol. The van der Waals surface area contributed by atoms with Crippen molar-refractivity contribution in [2.45, 2.75) is 38.8 Å². The normalized spacial score (nSPS) is 26.2. The van der Waals surface area contributed by atoms with Gasteiger partial charge in [0.2, 0.25) is 11.8 Å². The van der Waals surface area contributed by atoms with Gasteiger partial charge in [0.1, 0.15) is 12.6 Å². The zero-order chi connectivity index (χ0) is 22.7. The van der Waals surface area contributed by atoms with E-state index in [1.807, 2.05) is 42.3 Å². The SMILES string of the molecule is C[C@@H](NC(=O)OCc1ccccc1)C(=O)NC[C@]12CCC[C@H]1CN(C(=O)C1CN(C)C1)C2. The van der Waals surface area contributed by atoms with Crippen LogP contribution >= 0.6 is 0 Å². The molecule has 2 saturated heterocycles. The van der Waals surface area contributed by atoms with Crippen LogP contribution in [0.1, 0.15) is 31.7 Å². The first-order valence-corrected chi connectivity index (χ1v) is 11.6. The van der Waals surface area contributed by atoms with Crippen molar-refractivity contribution in [3.63, 3.8) is 0 Å². The lowest BCUT2D eigenvalue weighted by Gasteiger charge is -2.37. The number of amides is 3. The van der Waals surface area contributed by atoms with E-state index in [2.05, 4.69) is 15.5 Å². The number of nitrogens with one attached hydrogen (secondary N) is 2. The van der Waals surface area contributed by atoms with Crippen LogP contribution in [0.25, 0.3) is 0 Å². The summed E-state index contributed by atoms with van der Waals surface area (Å²) in [7, 11) is 2.03. The molecule has 3 fully saturated rings. The van der Waals surface area contributed by atoms with Crippen LogP contribution in [0.4, 0.5) is 4.79 Å². The molecule has 1 saturated carbocycles. The molecule has 32 heavy (non-hydrogen) atoms. The molecule has 8 heteroatoms. The van der Waals surface area contributed by atoms with Crippen LogP contribution in [0.5, 0.6) is 0 Å². The molecule has 1 aliphatic carbocycles. The van der Waals surface area contributed by atoms with Crippen molar-refractivity contribution in [1.29, 1.82) is 0 Å². The fourth-order valence-electron chi connectivity index (χ4n) is 5.41. The lowest BCUT2D eigenvalue weighted by Crippen LogP contribution is -2.53. The molecule has 2 heterocycles. The molecule has 2 N–H and O–H groups in total. The monoisotopic (exact) mass is 442 g/mol. The summed E-state index contributed by atoms with van der Waals surface area (Å²) in [6.07, 6.45) is 2.64. The van der Waals surface area contributed by atoms with Gasteiger partial charge in [-0.1, -0.05) is 36.8 Å². The number of hydrogen-bond donors (Lipinski definition) is 2. The van der Waals surface area contributed by atoms with Gasteiger partial charge in [-0.3, -0.25) is 9.59 Å². The van der Waals surface area contributed by atoms with Crippen molar-refractivity contribution in [2.24, 2.45) is 17.3 Å². The van der Waals surface area contributed by atoms with Gasteiger partial charge >= 0.3 is 6.09 Å². The number of nitrogens with zero attached hydrogens (tertiary/aromatic N) is 2. The minimum Gasteiger partial charge on any atom is -0.445 e. The molecule has 3 amide bonds. The minimum absolute atomic E-state index is 0.0471. The van der Waals surface area contributed by atoms with E-state index in [-0.39, 0.29) is 29.8 Å². The van der Waals surface area contributed by atoms with Crippen molar-refractivity contribution in [1.82, 2.24) is 20.4 Å². The van der Waals surface area contributed by atoms with Gasteiger partial charge in [0.15, 0.2) is 0 Å². The van der Waals surface area contributed by atoms with E-state index < -0.39 is 12.1 Å². The Labute approximate surface area is 189 Å². The van der Waals surface area contributed by atoms with E-state index in [0.717, 1.165) is 51.0 Å². The van der Waals surface area contributed by atoms with Crippen LogP contribution in [0.3, 0.4) is 0 Å². The molecule has 0 bridgehead atoms. The first kappa shape index (κ1) is 22.6. The lowest BCUT2D eigenvalue weighted by molar-refractivity contribution is -0.139. The second-order valence-corrected chi connectivity index (χ2v) is 9.73. The third kappa shape index (κ3) is 4.90. The number of rotatable bonds is 7. The minimum atomic E-state index is -0.695.